The summed E-state index contributed by atoms with van der Waals surface area (Å²) in [5.41, 5.74) is 0. The molecule has 0 aromatic heterocycles. The molecule has 66 valence electrons. The summed E-state index contributed by atoms with van der Waals surface area (Å²) in [6.45, 7) is 0. The molecule has 1 aliphatic rings. The summed E-state index contributed by atoms with van der Waals surface area (Å²) in [7, 11) is -3.56. The van der Waals surface area contributed by atoms with E-state index in [0.29, 0.717) is 0 Å². The highest BCUT2D eigenvalue weighted by atomic mass is 32.2. The molecule has 0 saturated heterocycles. The highest BCUT2D eigenvalue weighted by molar-refractivity contribution is 7.89. The molecular weight excluding hydrogens is 176 g/mol. The van der Waals surface area contributed by atoms with Gasteiger partial charge in [-0.1, -0.05) is 0 Å². The van der Waals surface area contributed by atoms with Crippen LogP contribution in [0.25, 0.3) is 0 Å². The van der Waals surface area contributed by atoms with E-state index in [9.17, 15) is 17.2 Å². The van der Waals surface area contributed by atoms with E-state index in [0.717, 1.165) is 0 Å². The standard InChI is InChI=1S/C5H9F2NO2S/c6-5(7)4-1-3(4)2-11(8,9)10/h3-5H,1-2H2,(H2,8,9,10)/t3-,4+/m0/s1. The number of nitrogens with two attached hydrogens (primary N) is 1. The molecule has 0 aliphatic heterocycles. The molecule has 0 aromatic rings. The van der Waals surface area contributed by atoms with Crippen LogP contribution in [-0.2, 0) is 10.0 Å². The Bertz CT molecular complexity index is 239. The molecule has 1 rings (SSSR count). The zero-order valence-electron chi connectivity index (χ0n) is 5.70. The van der Waals surface area contributed by atoms with Gasteiger partial charge in [0.15, 0.2) is 0 Å². The summed E-state index contributed by atoms with van der Waals surface area (Å²) < 4.78 is 44.4. The maximum atomic E-state index is 11.8. The minimum atomic E-state index is -3.56. The number of alkyl halides is 2. The first-order chi connectivity index (χ1) is 4.90. The number of rotatable bonds is 3. The predicted molar refractivity (Wildman–Crippen MR) is 35.6 cm³/mol. The van der Waals surface area contributed by atoms with Crippen molar-refractivity contribution < 1.29 is 17.2 Å². The summed E-state index contributed by atoms with van der Waals surface area (Å²) in [5.74, 6) is -1.46. The van der Waals surface area contributed by atoms with Gasteiger partial charge in [0.25, 0.3) is 0 Å². The van der Waals surface area contributed by atoms with Gasteiger partial charge in [-0.05, 0) is 12.3 Å². The fourth-order valence-electron chi connectivity index (χ4n) is 1.07. The maximum Gasteiger partial charge on any atom is 0.241 e. The Morgan fingerprint density at radius 1 is 1.55 bits per heavy atom. The Balaban J connectivity index is 2.35. The Morgan fingerprint density at radius 2 is 2.09 bits per heavy atom. The fraction of sp³-hybridized carbons (Fsp3) is 1.00. The summed E-state index contributed by atoms with van der Waals surface area (Å²) in [5, 5.41) is 4.67. The normalized spacial score (nSPS) is 30.9. The minimum Gasteiger partial charge on any atom is -0.229 e. The van der Waals surface area contributed by atoms with Crippen molar-refractivity contribution in [2.75, 3.05) is 5.75 Å². The first-order valence-electron chi connectivity index (χ1n) is 3.19. The van der Waals surface area contributed by atoms with Crippen LogP contribution in [0.2, 0.25) is 0 Å². The van der Waals surface area contributed by atoms with Crippen LogP contribution < -0.4 is 5.14 Å². The third-order valence-electron chi connectivity index (χ3n) is 1.75. The molecule has 2 N–H and O–H groups in total. The second-order valence-electron chi connectivity index (χ2n) is 2.82. The van der Waals surface area contributed by atoms with E-state index >= 15 is 0 Å². The first kappa shape index (κ1) is 8.86. The highest BCUT2D eigenvalue weighted by Crippen LogP contribution is 2.43. The fourth-order valence-corrected chi connectivity index (χ4v) is 2.05. The van der Waals surface area contributed by atoms with Crippen molar-refractivity contribution in [3.05, 3.63) is 0 Å². The van der Waals surface area contributed by atoms with Gasteiger partial charge in [-0.25, -0.2) is 22.3 Å². The van der Waals surface area contributed by atoms with Crippen LogP contribution in [0.15, 0.2) is 0 Å². The molecule has 0 spiro atoms. The van der Waals surface area contributed by atoms with E-state index in [2.05, 4.69) is 5.14 Å². The smallest absolute Gasteiger partial charge is 0.229 e. The van der Waals surface area contributed by atoms with E-state index in [1.165, 1.54) is 0 Å². The lowest BCUT2D eigenvalue weighted by Gasteiger charge is -1.95. The topological polar surface area (TPSA) is 60.2 Å². The summed E-state index contributed by atoms with van der Waals surface area (Å²) in [6.07, 6.45) is -2.12. The predicted octanol–water partition coefficient (Wildman–Crippen LogP) is 0.176. The van der Waals surface area contributed by atoms with Crippen LogP contribution in [0.1, 0.15) is 6.42 Å². The van der Waals surface area contributed by atoms with Crippen LogP contribution in [0.4, 0.5) is 8.78 Å². The first-order valence-corrected chi connectivity index (χ1v) is 4.90. The zero-order valence-corrected chi connectivity index (χ0v) is 6.52. The average Bonchev–Trinajstić information content (AvgIpc) is 2.40. The lowest BCUT2D eigenvalue weighted by molar-refractivity contribution is 0.117. The molecule has 3 nitrogen and oxygen atoms in total. The van der Waals surface area contributed by atoms with Crippen LogP contribution >= 0.6 is 0 Å². The largest absolute Gasteiger partial charge is 0.241 e. The van der Waals surface area contributed by atoms with Gasteiger partial charge in [-0.3, -0.25) is 0 Å². The highest BCUT2D eigenvalue weighted by Gasteiger charge is 2.45. The molecule has 0 amide bonds. The number of halogens is 2. The monoisotopic (exact) mass is 185 g/mol. The van der Waals surface area contributed by atoms with Crippen molar-refractivity contribution in [2.24, 2.45) is 17.0 Å². The molecule has 0 heterocycles. The minimum absolute atomic E-state index is 0.286. The molecular formula is C5H9F2NO2S. The van der Waals surface area contributed by atoms with Crippen LogP contribution in [0, 0.1) is 11.8 Å². The van der Waals surface area contributed by atoms with Crippen molar-refractivity contribution in [1.82, 2.24) is 0 Å². The number of hydrogen-bond acceptors (Lipinski definition) is 2. The Morgan fingerprint density at radius 3 is 2.36 bits per heavy atom. The van der Waals surface area contributed by atoms with Gasteiger partial charge in [0.05, 0.1) is 5.75 Å². The van der Waals surface area contributed by atoms with Gasteiger partial charge < -0.3 is 0 Å². The van der Waals surface area contributed by atoms with Crippen molar-refractivity contribution in [1.29, 1.82) is 0 Å². The second kappa shape index (κ2) is 2.67. The van der Waals surface area contributed by atoms with Crippen LogP contribution in [0.5, 0.6) is 0 Å². The summed E-state index contributed by atoms with van der Waals surface area (Å²) >= 11 is 0. The molecule has 11 heavy (non-hydrogen) atoms. The molecule has 0 bridgehead atoms. The van der Waals surface area contributed by atoms with Gasteiger partial charge in [-0.2, -0.15) is 0 Å². The van der Waals surface area contributed by atoms with Crippen molar-refractivity contribution in [3.63, 3.8) is 0 Å². The van der Waals surface area contributed by atoms with Crippen LogP contribution in [-0.4, -0.2) is 20.6 Å². The van der Waals surface area contributed by atoms with Gasteiger partial charge in [-0.15, -0.1) is 0 Å². The molecule has 1 fully saturated rings. The number of hydrogen-bond donors (Lipinski definition) is 1. The summed E-state index contributed by atoms with van der Waals surface area (Å²) in [4.78, 5) is 0. The van der Waals surface area contributed by atoms with E-state index < -0.39 is 28.3 Å². The molecule has 0 unspecified atom stereocenters. The van der Waals surface area contributed by atoms with E-state index in [1.807, 2.05) is 0 Å². The average molecular weight is 185 g/mol. The Kier molecular flexibility index (Phi) is 2.15. The van der Waals surface area contributed by atoms with E-state index in [4.69, 9.17) is 0 Å². The Hall–Kier alpha value is -0.230. The summed E-state index contributed by atoms with van der Waals surface area (Å²) in [6, 6.07) is 0. The second-order valence-corrected chi connectivity index (χ2v) is 4.48. The maximum absolute atomic E-state index is 11.8. The molecule has 1 saturated carbocycles. The molecule has 0 radical (unpaired) electrons. The van der Waals surface area contributed by atoms with E-state index in [1.54, 1.807) is 0 Å². The van der Waals surface area contributed by atoms with Gasteiger partial charge in [0.2, 0.25) is 16.4 Å². The molecule has 1 aliphatic carbocycles. The Labute approximate surface area is 63.6 Å². The zero-order chi connectivity index (χ0) is 8.65. The molecule has 0 aromatic carbocycles. The van der Waals surface area contributed by atoms with Gasteiger partial charge in [0.1, 0.15) is 0 Å². The number of sulfonamides is 1. The van der Waals surface area contributed by atoms with Crippen molar-refractivity contribution in [2.45, 2.75) is 12.8 Å². The van der Waals surface area contributed by atoms with Crippen molar-refractivity contribution in [3.8, 4) is 0 Å². The third-order valence-corrected chi connectivity index (χ3v) is 2.64. The van der Waals surface area contributed by atoms with Crippen molar-refractivity contribution >= 4 is 10.0 Å². The SMILES string of the molecule is NS(=O)(=O)C[C@@H]1C[C@H]1C(F)F. The lowest BCUT2D eigenvalue weighted by Crippen LogP contribution is -2.18. The van der Waals surface area contributed by atoms with E-state index in [-0.39, 0.29) is 12.2 Å². The van der Waals surface area contributed by atoms with Crippen LogP contribution in [0.3, 0.4) is 0 Å². The lowest BCUT2D eigenvalue weighted by atomic mass is 10.4. The van der Waals surface area contributed by atoms with Gasteiger partial charge >= 0.3 is 0 Å². The number of primary sulfonamides is 1. The third kappa shape index (κ3) is 2.70. The molecule has 6 heteroatoms. The van der Waals surface area contributed by atoms with Gasteiger partial charge in [0, 0.05) is 5.92 Å². The molecule has 2 atom stereocenters. The quantitative estimate of drug-likeness (QED) is 0.681.